The molecule has 0 spiro atoms. The molecule has 1 N–H and O–H groups in total. The fourth-order valence-electron chi connectivity index (χ4n) is 2.67. The second-order valence-electron chi connectivity index (χ2n) is 5.22. The van der Waals surface area contributed by atoms with E-state index in [-0.39, 0.29) is 10.8 Å². The molecule has 2 heterocycles. The van der Waals surface area contributed by atoms with Crippen molar-refractivity contribution in [3.05, 3.63) is 29.8 Å². The summed E-state index contributed by atoms with van der Waals surface area (Å²) in [5.41, 5.74) is 0.578. The highest BCUT2D eigenvalue weighted by atomic mass is 32.2. The van der Waals surface area contributed by atoms with E-state index < -0.39 is 10.0 Å². The van der Waals surface area contributed by atoms with Gasteiger partial charge in [0.25, 0.3) is 10.0 Å². The maximum absolute atomic E-state index is 11.9. The van der Waals surface area contributed by atoms with E-state index in [1.807, 2.05) is 0 Å². The van der Waals surface area contributed by atoms with Crippen LogP contribution in [-0.4, -0.2) is 34.0 Å². The van der Waals surface area contributed by atoms with Crippen LogP contribution in [0.25, 0.3) is 0 Å². The fourth-order valence-corrected chi connectivity index (χ4v) is 3.82. The van der Waals surface area contributed by atoms with Gasteiger partial charge in [-0.05, 0) is 50.4 Å². The number of rotatable bonds is 3. The lowest BCUT2D eigenvalue weighted by atomic mass is 9.97. The van der Waals surface area contributed by atoms with E-state index in [2.05, 4.69) is 9.71 Å². The molecule has 1 atom stereocenters. The summed E-state index contributed by atoms with van der Waals surface area (Å²) in [4.78, 5) is 0.245. The molecule has 1 aromatic rings. The summed E-state index contributed by atoms with van der Waals surface area (Å²) in [7, 11) is -3.56. The number of benzene rings is 1. The lowest BCUT2D eigenvalue weighted by Crippen LogP contribution is -2.30. The van der Waals surface area contributed by atoms with E-state index >= 15 is 0 Å². The van der Waals surface area contributed by atoms with Crippen molar-refractivity contribution in [3.8, 4) is 0 Å². The average molecular weight is 294 g/mol. The molecule has 2 aliphatic rings. The normalized spacial score (nSPS) is 24.0. The molecule has 0 amide bonds. The van der Waals surface area contributed by atoms with Crippen molar-refractivity contribution in [2.45, 2.75) is 24.2 Å². The Bertz CT molecular complexity index is 619. The van der Waals surface area contributed by atoms with Gasteiger partial charge in [0.2, 0.25) is 5.90 Å². The summed E-state index contributed by atoms with van der Waals surface area (Å²) in [5.74, 6) is 0.849. The molecule has 0 unspecified atom stereocenters. The van der Waals surface area contributed by atoms with Crippen molar-refractivity contribution in [1.29, 1.82) is 0 Å². The van der Waals surface area contributed by atoms with Crippen LogP contribution in [0.1, 0.15) is 24.8 Å². The molecule has 1 aromatic carbocycles. The first-order valence-electron chi connectivity index (χ1n) is 6.95. The van der Waals surface area contributed by atoms with Gasteiger partial charge in [-0.1, -0.05) is 12.1 Å². The molecular formula is C14H18N2O3S. The molecule has 0 radical (unpaired) electrons. The van der Waals surface area contributed by atoms with Crippen molar-refractivity contribution >= 4 is 15.9 Å². The summed E-state index contributed by atoms with van der Waals surface area (Å²) in [5, 5.41) is 3.36. The first-order chi connectivity index (χ1) is 9.67. The molecule has 0 saturated carbocycles. The van der Waals surface area contributed by atoms with Gasteiger partial charge < -0.3 is 10.1 Å². The Morgan fingerprint density at radius 3 is 3.00 bits per heavy atom. The summed E-state index contributed by atoms with van der Waals surface area (Å²) in [6, 6.07) is 6.79. The van der Waals surface area contributed by atoms with Gasteiger partial charge in [-0.15, -0.1) is 4.40 Å². The molecule has 20 heavy (non-hydrogen) atoms. The van der Waals surface area contributed by atoms with Gasteiger partial charge in [-0.25, -0.2) is 0 Å². The molecule has 108 valence electrons. The third-order valence-corrected chi connectivity index (χ3v) is 5.08. The number of nitrogens with zero attached hydrogens (tertiary/aromatic N) is 1. The summed E-state index contributed by atoms with van der Waals surface area (Å²) >= 11 is 0. The second kappa shape index (κ2) is 5.54. The minimum Gasteiger partial charge on any atom is -0.477 e. The SMILES string of the molecule is O=S1(=O)N=C(OCC[C@@H]2CCCNC2)c2ccccc21. The van der Waals surface area contributed by atoms with Gasteiger partial charge in [0, 0.05) is 0 Å². The third kappa shape index (κ3) is 2.71. The molecule has 1 fully saturated rings. The first-order valence-corrected chi connectivity index (χ1v) is 8.39. The van der Waals surface area contributed by atoms with Crippen LogP contribution in [0.4, 0.5) is 0 Å². The quantitative estimate of drug-likeness (QED) is 0.918. The number of piperidine rings is 1. The maximum atomic E-state index is 11.9. The zero-order valence-electron chi connectivity index (χ0n) is 11.2. The smallest absolute Gasteiger partial charge is 0.286 e. The molecule has 3 rings (SSSR count). The zero-order valence-corrected chi connectivity index (χ0v) is 12.0. The number of hydrogen-bond acceptors (Lipinski definition) is 4. The average Bonchev–Trinajstić information content (AvgIpc) is 2.72. The Kier molecular flexibility index (Phi) is 3.76. The van der Waals surface area contributed by atoms with Crippen LogP contribution in [0.15, 0.2) is 33.6 Å². The number of sulfonamides is 1. The Labute approximate surface area is 119 Å². The third-order valence-electron chi connectivity index (χ3n) is 3.76. The zero-order chi connectivity index (χ0) is 14.0. The van der Waals surface area contributed by atoms with Crippen LogP contribution in [0.5, 0.6) is 0 Å². The van der Waals surface area contributed by atoms with E-state index in [1.165, 1.54) is 12.8 Å². The minimum atomic E-state index is -3.56. The Morgan fingerprint density at radius 1 is 1.35 bits per heavy atom. The molecular weight excluding hydrogens is 276 g/mol. The predicted molar refractivity (Wildman–Crippen MR) is 76.3 cm³/mol. The Hall–Kier alpha value is -1.40. The first kappa shape index (κ1) is 13.6. The molecule has 6 heteroatoms. The molecule has 0 bridgehead atoms. The summed E-state index contributed by atoms with van der Waals surface area (Å²) < 4.78 is 33.0. The topological polar surface area (TPSA) is 67.8 Å². The van der Waals surface area contributed by atoms with E-state index in [9.17, 15) is 8.42 Å². The van der Waals surface area contributed by atoms with Crippen LogP contribution < -0.4 is 5.32 Å². The Balaban J connectivity index is 1.64. The summed E-state index contributed by atoms with van der Waals surface area (Å²) in [6.45, 7) is 2.62. The fraction of sp³-hybridized carbons (Fsp3) is 0.500. The predicted octanol–water partition coefficient (Wildman–Crippen LogP) is 1.54. The van der Waals surface area contributed by atoms with Gasteiger partial charge in [0.15, 0.2) is 0 Å². The lowest BCUT2D eigenvalue weighted by molar-refractivity contribution is 0.246. The summed E-state index contributed by atoms with van der Waals surface area (Å²) in [6.07, 6.45) is 3.33. The van der Waals surface area contributed by atoms with Gasteiger partial charge in [0.1, 0.15) is 4.90 Å². The maximum Gasteiger partial charge on any atom is 0.286 e. The van der Waals surface area contributed by atoms with E-state index in [4.69, 9.17) is 4.74 Å². The van der Waals surface area contributed by atoms with Crippen LogP contribution in [0.3, 0.4) is 0 Å². The van der Waals surface area contributed by atoms with Crippen molar-refractivity contribution in [2.24, 2.45) is 10.3 Å². The molecule has 2 aliphatic heterocycles. The monoisotopic (exact) mass is 294 g/mol. The van der Waals surface area contributed by atoms with Crippen molar-refractivity contribution in [3.63, 3.8) is 0 Å². The van der Waals surface area contributed by atoms with Gasteiger partial charge in [-0.3, -0.25) is 0 Å². The van der Waals surface area contributed by atoms with Crippen LogP contribution in [0, 0.1) is 5.92 Å². The molecule has 1 saturated heterocycles. The van der Waals surface area contributed by atoms with Crippen LogP contribution in [0.2, 0.25) is 0 Å². The second-order valence-corrected chi connectivity index (χ2v) is 6.79. The van der Waals surface area contributed by atoms with Gasteiger partial charge >= 0.3 is 0 Å². The van der Waals surface area contributed by atoms with E-state index in [0.717, 1.165) is 19.5 Å². The largest absolute Gasteiger partial charge is 0.477 e. The van der Waals surface area contributed by atoms with Gasteiger partial charge in [-0.2, -0.15) is 8.42 Å². The van der Waals surface area contributed by atoms with Crippen molar-refractivity contribution < 1.29 is 13.2 Å². The number of hydrogen-bond donors (Lipinski definition) is 1. The van der Waals surface area contributed by atoms with Crippen LogP contribution in [-0.2, 0) is 14.8 Å². The van der Waals surface area contributed by atoms with E-state index in [0.29, 0.717) is 18.1 Å². The number of ether oxygens (including phenoxy) is 1. The van der Waals surface area contributed by atoms with Crippen LogP contribution >= 0.6 is 0 Å². The minimum absolute atomic E-state index is 0.240. The number of fused-ring (bicyclic) bond motifs is 1. The standard InChI is InChI=1S/C14H18N2O3S/c17-20(18)13-6-2-1-5-12(13)14(16-20)19-9-7-11-4-3-8-15-10-11/h1-2,5-6,11,15H,3-4,7-10H2/t11-/m0/s1. The number of nitrogens with one attached hydrogen (secondary N) is 1. The highest BCUT2D eigenvalue weighted by Gasteiger charge is 2.29. The highest BCUT2D eigenvalue weighted by molar-refractivity contribution is 7.90. The molecule has 5 nitrogen and oxygen atoms in total. The van der Waals surface area contributed by atoms with Crippen molar-refractivity contribution in [2.75, 3.05) is 19.7 Å². The Morgan fingerprint density at radius 2 is 2.20 bits per heavy atom. The lowest BCUT2D eigenvalue weighted by Gasteiger charge is -2.22. The van der Waals surface area contributed by atoms with E-state index in [1.54, 1.807) is 24.3 Å². The van der Waals surface area contributed by atoms with Gasteiger partial charge in [0.05, 0.1) is 12.2 Å². The molecule has 0 aliphatic carbocycles. The highest BCUT2D eigenvalue weighted by Crippen LogP contribution is 2.26. The van der Waals surface area contributed by atoms with Crippen molar-refractivity contribution in [1.82, 2.24) is 5.32 Å². The molecule has 0 aromatic heterocycles.